The summed E-state index contributed by atoms with van der Waals surface area (Å²) in [4.78, 5) is 27.9. The molecule has 9 heteroatoms. The molecule has 0 radical (unpaired) electrons. The van der Waals surface area contributed by atoms with Gasteiger partial charge in [0, 0.05) is 55.6 Å². The molecular formula is C31H40N4O5. The number of nitrogens with one attached hydrogen (secondary N) is 1. The Morgan fingerprint density at radius 2 is 1.68 bits per heavy atom. The first-order valence-electron chi connectivity index (χ1n) is 14.0. The van der Waals surface area contributed by atoms with E-state index in [1.807, 2.05) is 45.0 Å². The Labute approximate surface area is 236 Å². The summed E-state index contributed by atoms with van der Waals surface area (Å²) in [6, 6.07) is 16.8. The van der Waals surface area contributed by atoms with Crippen LogP contribution in [0.2, 0.25) is 0 Å². The fraction of sp³-hybridized carbons (Fsp3) is 0.452. The van der Waals surface area contributed by atoms with Crippen molar-refractivity contribution < 1.29 is 24.0 Å². The average molecular weight is 549 g/mol. The molecule has 0 bridgehead atoms. The first-order chi connectivity index (χ1) is 19.2. The van der Waals surface area contributed by atoms with Gasteiger partial charge in [0.25, 0.3) is 0 Å². The van der Waals surface area contributed by atoms with Gasteiger partial charge in [-0.25, -0.2) is 9.59 Å². The summed E-state index contributed by atoms with van der Waals surface area (Å²) in [6.07, 6.45) is 4.02. The molecule has 0 unspecified atom stereocenters. The molecule has 0 aliphatic carbocycles. The van der Waals surface area contributed by atoms with Gasteiger partial charge in [-0.1, -0.05) is 42.3 Å². The highest BCUT2D eigenvalue weighted by Gasteiger charge is 2.19. The molecule has 2 heterocycles. The topological polar surface area (TPSA) is 108 Å². The highest BCUT2D eigenvalue weighted by Crippen LogP contribution is 2.29. The van der Waals surface area contributed by atoms with Crippen LogP contribution >= 0.6 is 0 Å². The summed E-state index contributed by atoms with van der Waals surface area (Å²) < 4.78 is 10.9. The highest BCUT2D eigenvalue weighted by atomic mass is 16.6. The molecule has 4 rings (SSSR count). The van der Waals surface area contributed by atoms with Gasteiger partial charge in [0.1, 0.15) is 11.3 Å². The number of benzene rings is 2. The van der Waals surface area contributed by atoms with Crippen LogP contribution in [0.5, 0.6) is 0 Å². The van der Waals surface area contributed by atoms with E-state index in [9.17, 15) is 14.7 Å². The maximum atomic E-state index is 11.7. The number of hydrogen-bond donors (Lipinski definition) is 2. The largest absolute Gasteiger partial charge is 0.478 e. The number of carbonyl (C=O) groups is 2. The predicted octanol–water partition coefficient (Wildman–Crippen LogP) is 5.91. The molecule has 1 fully saturated rings. The molecule has 214 valence electrons. The zero-order chi connectivity index (χ0) is 28.5. The number of carboxylic acids is 1. The molecule has 1 aliphatic rings. The van der Waals surface area contributed by atoms with Gasteiger partial charge in [0.2, 0.25) is 0 Å². The summed E-state index contributed by atoms with van der Waals surface area (Å²) in [5, 5.41) is 16.3. The Morgan fingerprint density at radius 3 is 2.42 bits per heavy atom. The quantitative estimate of drug-likeness (QED) is 0.285. The zero-order valence-corrected chi connectivity index (χ0v) is 23.7. The van der Waals surface area contributed by atoms with Gasteiger partial charge in [0.15, 0.2) is 5.76 Å². The molecule has 2 N–H and O–H groups in total. The van der Waals surface area contributed by atoms with Crippen LogP contribution in [0.25, 0.3) is 22.6 Å². The zero-order valence-electron chi connectivity index (χ0n) is 23.7. The number of alkyl carbamates (subject to hydrolysis) is 1. The average Bonchev–Trinajstić information content (AvgIpc) is 3.43. The van der Waals surface area contributed by atoms with E-state index in [1.165, 1.54) is 0 Å². The van der Waals surface area contributed by atoms with Gasteiger partial charge < -0.3 is 24.6 Å². The molecule has 2 aromatic carbocycles. The number of rotatable bonds is 11. The Kier molecular flexibility index (Phi) is 9.82. The molecular weight excluding hydrogens is 508 g/mol. The molecule has 1 aliphatic heterocycles. The van der Waals surface area contributed by atoms with Gasteiger partial charge >= 0.3 is 12.1 Å². The molecule has 0 saturated carbocycles. The lowest BCUT2D eigenvalue weighted by molar-refractivity contribution is 0.0526. The standard InChI is InChI=1S/C31H40N4O5/c1-31(2,3)39-30(38)32-14-6-4-5-7-15-34-16-18-35(19-17-34)26-13-9-11-24(21-26)28-22-27(33-40-28)23-10-8-12-25(20-23)29(36)37/h8-13,20-22H,4-7,14-19H2,1-3H3,(H,32,38)(H,36,37). The minimum Gasteiger partial charge on any atom is -0.478 e. The van der Waals surface area contributed by atoms with Gasteiger partial charge in [0.05, 0.1) is 5.56 Å². The van der Waals surface area contributed by atoms with E-state index in [0.717, 1.165) is 69.7 Å². The number of carbonyl (C=O) groups excluding carboxylic acids is 1. The smallest absolute Gasteiger partial charge is 0.407 e. The monoisotopic (exact) mass is 548 g/mol. The third kappa shape index (κ3) is 8.58. The third-order valence-corrected chi connectivity index (χ3v) is 6.85. The number of unbranched alkanes of at least 4 members (excludes halogenated alkanes) is 3. The number of anilines is 1. The number of aromatic nitrogens is 1. The normalized spacial score (nSPS) is 14.2. The van der Waals surface area contributed by atoms with Gasteiger partial charge in [-0.3, -0.25) is 4.90 Å². The summed E-state index contributed by atoms with van der Waals surface area (Å²) in [7, 11) is 0. The van der Waals surface area contributed by atoms with Crippen LogP contribution in [0.4, 0.5) is 10.5 Å². The minimum atomic E-state index is -0.969. The highest BCUT2D eigenvalue weighted by molar-refractivity contribution is 5.89. The van der Waals surface area contributed by atoms with Crippen molar-refractivity contribution in [1.29, 1.82) is 0 Å². The SMILES string of the molecule is CC(C)(C)OC(=O)NCCCCCCN1CCN(c2cccc(-c3cc(-c4cccc(C(=O)O)c4)no3)c2)CC1. The van der Waals surface area contributed by atoms with Crippen molar-refractivity contribution >= 4 is 17.7 Å². The lowest BCUT2D eigenvalue weighted by atomic mass is 10.1. The van der Waals surface area contributed by atoms with Crippen molar-refractivity contribution in [2.75, 3.05) is 44.2 Å². The van der Waals surface area contributed by atoms with Crippen LogP contribution in [0.1, 0.15) is 56.8 Å². The summed E-state index contributed by atoms with van der Waals surface area (Å²) in [5.74, 6) is -0.319. The molecule has 0 spiro atoms. The predicted molar refractivity (Wildman–Crippen MR) is 156 cm³/mol. The molecule has 0 atom stereocenters. The van der Waals surface area contributed by atoms with E-state index < -0.39 is 11.6 Å². The Bertz CT molecular complexity index is 1270. The number of nitrogens with zero attached hydrogens (tertiary/aromatic N) is 3. The first kappa shape index (κ1) is 29.1. The van der Waals surface area contributed by atoms with Gasteiger partial charge in [-0.15, -0.1) is 0 Å². The van der Waals surface area contributed by atoms with Crippen LogP contribution in [-0.2, 0) is 4.74 Å². The van der Waals surface area contributed by atoms with E-state index >= 15 is 0 Å². The second-order valence-corrected chi connectivity index (χ2v) is 11.2. The van der Waals surface area contributed by atoms with Crippen molar-refractivity contribution in [2.45, 2.75) is 52.1 Å². The molecule has 1 saturated heterocycles. The van der Waals surface area contributed by atoms with E-state index in [4.69, 9.17) is 9.26 Å². The number of piperazine rings is 1. The van der Waals surface area contributed by atoms with Crippen LogP contribution in [0, 0.1) is 0 Å². The minimum absolute atomic E-state index is 0.218. The van der Waals surface area contributed by atoms with Crippen LogP contribution in [-0.4, -0.2) is 72.1 Å². The second-order valence-electron chi connectivity index (χ2n) is 11.2. The maximum absolute atomic E-state index is 11.7. The molecule has 9 nitrogen and oxygen atoms in total. The fourth-order valence-electron chi connectivity index (χ4n) is 4.76. The maximum Gasteiger partial charge on any atom is 0.407 e. The fourth-order valence-corrected chi connectivity index (χ4v) is 4.76. The lowest BCUT2D eigenvalue weighted by Crippen LogP contribution is -2.46. The Morgan fingerprint density at radius 1 is 0.950 bits per heavy atom. The van der Waals surface area contributed by atoms with Crippen molar-refractivity contribution in [3.8, 4) is 22.6 Å². The van der Waals surface area contributed by atoms with E-state index in [-0.39, 0.29) is 11.7 Å². The Balaban J connectivity index is 1.19. The van der Waals surface area contributed by atoms with E-state index in [0.29, 0.717) is 23.6 Å². The number of amides is 1. The summed E-state index contributed by atoms with van der Waals surface area (Å²) >= 11 is 0. The van der Waals surface area contributed by atoms with Crippen molar-refractivity contribution in [2.24, 2.45) is 0 Å². The molecule has 1 aromatic heterocycles. The first-order valence-corrected chi connectivity index (χ1v) is 14.0. The van der Waals surface area contributed by atoms with Crippen molar-refractivity contribution in [3.63, 3.8) is 0 Å². The number of carboxylic acid groups (broad SMARTS) is 1. The van der Waals surface area contributed by atoms with E-state index in [2.05, 4.69) is 32.4 Å². The van der Waals surface area contributed by atoms with E-state index in [1.54, 1.807) is 18.2 Å². The van der Waals surface area contributed by atoms with Crippen molar-refractivity contribution in [1.82, 2.24) is 15.4 Å². The lowest BCUT2D eigenvalue weighted by Gasteiger charge is -2.36. The van der Waals surface area contributed by atoms with Crippen molar-refractivity contribution in [3.05, 3.63) is 60.2 Å². The van der Waals surface area contributed by atoms with Crippen LogP contribution < -0.4 is 10.2 Å². The third-order valence-electron chi connectivity index (χ3n) is 6.85. The van der Waals surface area contributed by atoms with Gasteiger partial charge in [-0.05, 0) is 64.4 Å². The molecule has 1 amide bonds. The summed E-state index contributed by atoms with van der Waals surface area (Å²) in [6.45, 7) is 11.3. The second kappa shape index (κ2) is 13.5. The molecule has 40 heavy (non-hydrogen) atoms. The van der Waals surface area contributed by atoms with Gasteiger partial charge in [-0.2, -0.15) is 0 Å². The number of hydrogen-bond acceptors (Lipinski definition) is 7. The number of ether oxygens (including phenoxy) is 1. The van der Waals surface area contributed by atoms with Crippen LogP contribution in [0.15, 0.2) is 59.1 Å². The summed E-state index contributed by atoms with van der Waals surface area (Å²) in [5.41, 5.74) is 3.17. The Hall–Kier alpha value is -3.85. The van der Waals surface area contributed by atoms with Crippen LogP contribution in [0.3, 0.4) is 0 Å². The number of aromatic carboxylic acids is 1. The molecule has 3 aromatic rings.